The Labute approximate surface area is 159 Å². The van der Waals surface area contributed by atoms with E-state index in [4.69, 9.17) is 0 Å². The van der Waals surface area contributed by atoms with E-state index in [1.54, 1.807) is 36.0 Å². The molecule has 2 rings (SSSR count). The van der Waals surface area contributed by atoms with E-state index in [1.807, 2.05) is 44.4 Å². The van der Waals surface area contributed by atoms with Crippen LogP contribution in [0.1, 0.15) is 24.1 Å². The van der Waals surface area contributed by atoms with E-state index < -0.39 is 10.0 Å². The lowest BCUT2D eigenvalue weighted by atomic mass is 10.1. The number of carbonyl (C=O) groups is 1. The highest BCUT2D eigenvalue weighted by Crippen LogP contribution is 2.20. The van der Waals surface area contributed by atoms with Gasteiger partial charge in [-0.25, -0.2) is 8.42 Å². The van der Waals surface area contributed by atoms with Crippen molar-refractivity contribution < 1.29 is 13.2 Å². The number of sulfonamides is 1. The lowest BCUT2D eigenvalue weighted by Crippen LogP contribution is -2.39. The Morgan fingerprint density at radius 3 is 2.23 bits per heavy atom. The molecule has 140 valence electrons. The Balaban J connectivity index is 2.01. The summed E-state index contributed by atoms with van der Waals surface area (Å²) in [5, 5.41) is 2.84. The van der Waals surface area contributed by atoms with E-state index in [0.717, 1.165) is 20.3 Å². The molecule has 0 fully saturated rings. The average molecular weight is 393 g/mol. The first-order chi connectivity index (χ1) is 12.2. The number of thioether (sulfide) groups is 1. The number of nitrogens with zero attached hydrogens (tertiary/aromatic N) is 1. The van der Waals surface area contributed by atoms with Crippen molar-refractivity contribution in [2.45, 2.75) is 29.7 Å². The molecule has 2 aromatic carbocycles. The van der Waals surface area contributed by atoms with Crippen LogP contribution in [-0.4, -0.2) is 38.5 Å². The molecule has 0 unspecified atom stereocenters. The van der Waals surface area contributed by atoms with Crippen LogP contribution >= 0.6 is 11.8 Å². The molecule has 0 heterocycles. The van der Waals surface area contributed by atoms with Crippen LogP contribution < -0.4 is 5.32 Å². The van der Waals surface area contributed by atoms with Crippen LogP contribution in [0.3, 0.4) is 0 Å². The number of benzene rings is 2. The number of carbonyl (C=O) groups excluding carboxylic acids is 1. The molecule has 1 N–H and O–H groups in total. The summed E-state index contributed by atoms with van der Waals surface area (Å²) in [6, 6.07) is 14.3. The van der Waals surface area contributed by atoms with Crippen molar-refractivity contribution in [2.24, 2.45) is 0 Å². The molecule has 1 amide bonds. The van der Waals surface area contributed by atoms with Crippen molar-refractivity contribution in [1.29, 1.82) is 0 Å². The summed E-state index contributed by atoms with van der Waals surface area (Å²) in [6.45, 7) is 3.64. The van der Waals surface area contributed by atoms with Gasteiger partial charge >= 0.3 is 0 Å². The Hall–Kier alpha value is -1.83. The fourth-order valence-corrected chi connectivity index (χ4v) is 3.98. The van der Waals surface area contributed by atoms with Crippen molar-refractivity contribution >= 4 is 27.7 Å². The summed E-state index contributed by atoms with van der Waals surface area (Å²) in [7, 11) is -2.29. The number of nitrogens with one attached hydrogen (secondary N) is 1. The van der Waals surface area contributed by atoms with E-state index in [1.165, 1.54) is 7.05 Å². The molecule has 0 aliphatic carbocycles. The molecule has 5 nitrogen and oxygen atoms in total. The minimum absolute atomic E-state index is 0.178. The van der Waals surface area contributed by atoms with Gasteiger partial charge in [-0.3, -0.25) is 4.79 Å². The molecule has 26 heavy (non-hydrogen) atoms. The molecule has 0 aliphatic rings. The highest BCUT2D eigenvalue weighted by molar-refractivity contribution is 7.98. The summed E-state index contributed by atoms with van der Waals surface area (Å²) in [6.07, 6.45) is 1.93. The first-order valence-electron chi connectivity index (χ1n) is 8.20. The first-order valence-corrected chi connectivity index (χ1v) is 10.9. The largest absolute Gasteiger partial charge is 0.348 e. The highest BCUT2D eigenvalue weighted by Gasteiger charge is 2.23. The second-order valence-electron chi connectivity index (χ2n) is 6.14. The zero-order valence-corrected chi connectivity index (χ0v) is 17.0. The summed E-state index contributed by atoms with van der Waals surface area (Å²) in [5.74, 6) is -0.343. The lowest BCUT2D eigenvalue weighted by Gasteiger charge is -2.19. The van der Waals surface area contributed by atoms with Gasteiger partial charge in [0, 0.05) is 11.9 Å². The summed E-state index contributed by atoms with van der Waals surface area (Å²) in [4.78, 5) is 13.4. The van der Waals surface area contributed by atoms with E-state index in [-0.39, 0.29) is 23.4 Å². The summed E-state index contributed by atoms with van der Waals surface area (Å²) < 4.78 is 26.3. The van der Waals surface area contributed by atoms with E-state index in [2.05, 4.69) is 5.32 Å². The van der Waals surface area contributed by atoms with Crippen LogP contribution in [-0.2, 0) is 14.8 Å². The number of amides is 1. The fourth-order valence-electron chi connectivity index (χ4n) is 2.44. The molecule has 0 spiro atoms. The quantitative estimate of drug-likeness (QED) is 0.735. The second-order valence-corrected chi connectivity index (χ2v) is 9.06. The SMILES string of the molecule is CSc1ccc(S(=O)(=O)N(C)CC(=O)N[C@H](C)c2ccc(C)cc2)cc1. The summed E-state index contributed by atoms with van der Waals surface area (Å²) in [5.41, 5.74) is 2.12. The van der Waals surface area contributed by atoms with E-state index in [9.17, 15) is 13.2 Å². The molecule has 1 atom stereocenters. The van der Waals surface area contributed by atoms with Gasteiger partial charge in [-0.05, 0) is 49.9 Å². The fraction of sp³-hybridized carbons (Fsp3) is 0.316. The van der Waals surface area contributed by atoms with Gasteiger partial charge in [0.25, 0.3) is 0 Å². The highest BCUT2D eigenvalue weighted by atomic mass is 32.2. The molecule has 0 radical (unpaired) electrons. The van der Waals surface area contributed by atoms with Gasteiger partial charge in [-0.15, -0.1) is 11.8 Å². The maximum atomic E-state index is 12.6. The molecule has 0 bridgehead atoms. The topological polar surface area (TPSA) is 66.5 Å². The third kappa shape index (κ3) is 5.09. The smallest absolute Gasteiger partial charge is 0.243 e. The zero-order valence-electron chi connectivity index (χ0n) is 15.4. The van der Waals surface area contributed by atoms with Gasteiger partial charge < -0.3 is 5.32 Å². The van der Waals surface area contributed by atoms with E-state index in [0.29, 0.717) is 0 Å². The molecule has 0 saturated carbocycles. The summed E-state index contributed by atoms with van der Waals surface area (Å²) >= 11 is 1.54. The maximum absolute atomic E-state index is 12.6. The van der Waals surface area contributed by atoms with Crippen LogP contribution in [0.25, 0.3) is 0 Å². The van der Waals surface area contributed by atoms with Crippen LogP contribution in [0.2, 0.25) is 0 Å². The van der Waals surface area contributed by atoms with Crippen molar-refractivity contribution in [3.63, 3.8) is 0 Å². The van der Waals surface area contributed by atoms with Crippen molar-refractivity contribution in [3.05, 3.63) is 59.7 Å². The van der Waals surface area contributed by atoms with Crippen LogP contribution in [0.4, 0.5) is 0 Å². The van der Waals surface area contributed by atoms with Gasteiger partial charge in [-0.2, -0.15) is 4.31 Å². The Morgan fingerprint density at radius 1 is 1.12 bits per heavy atom. The molecular formula is C19H24N2O3S2. The van der Waals surface area contributed by atoms with Crippen molar-refractivity contribution in [3.8, 4) is 0 Å². The predicted octanol–water partition coefficient (Wildman–Crippen LogP) is 3.21. The predicted molar refractivity (Wildman–Crippen MR) is 106 cm³/mol. The van der Waals surface area contributed by atoms with Gasteiger partial charge in [0.05, 0.1) is 17.5 Å². The van der Waals surface area contributed by atoms with Gasteiger partial charge in [-0.1, -0.05) is 29.8 Å². The number of likely N-dealkylation sites (N-methyl/N-ethyl adjacent to an activating group) is 1. The number of rotatable bonds is 7. The average Bonchev–Trinajstić information content (AvgIpc) is 2.62. The Morgan fingerprint density at radius 2 is 1.69 bits per heavy atom. The van der Waals surface area contributed by atoms with Gasteiger partial charge in [0.15, 0.2) is 0 Å². The Kier molecular flexibility index (Phi) is 6.86. The standard InChI is InChI=1S/C19H24N2O3S2/c1-14-5-7-16(8-6-14)15(2)20-19(22)13-21(3)26(23,24)18-11-9-17(25-4)10-12-18/h5-12,15H,13H2,1-4H3,(H,20,22)/t15-/m1/s1. The first kappa shape index (κ1) is 20.5. The second kappa shape index (κ2) is 8.70. The van der Waals surface area contributed by atoms with Crippen LogP contribution in [0.5, 0.6) is 0 Å². The molecule has 0 aliphatic heterocycles. The lowest BCUT2D eigenvalue weighted by molar-refractivity contribution is -0.121. The number of hydrogen-bond donors (Lipinski definition) is 1. The third-order valence-corrected chi connectivity index (χ3v) is 6.65. The molecule has 2 aromatic rings. The van der Waals surface area contributed by atoms with Crippen molar-refractivity contribution in [1.82, 2.24) is 9.62 Å². The number of hydrogen-bond acceptors (Lipinski definition) is 4. The Bertz CT molecular complexity index is 847. The minimum Gasteiger partial charge on any atom is -0.348 e. The van der Waals surface area contributed by atoms with E-state index >= 15 is 0 Å². The third-order valence-electron chi connectivity index (χ3n) is 4.09. The maximum Gasteiger partial charge on any atom is 0.243 e. The minimum atomic E-state index is -3.70. The monoisotopic (exact) mass is 392 g/mol. The van der Waals surface area contributed by atoms with Crippen LogP contribution in [0.15, 0.2) is 58.3 Å². The van der Waals surface area contributed by atoms with Crippen LogP contribution in [0, 0.1) is 6.92 Å². The molecule has 0 saturated heterocycles. The molecule has 0 aromatic heterocycles. The van der Waals surface area contributed by atoms with Crippen molar-refractivity contribution in [2.75, 3.05) is 19.8 Å². The molecular weight excluding hydrogens is 368 g/mol. The van der Waals surface area contributed by atoms with Gasteiger partial charge in [0.1, 0.15) is 0 Å². The molecule has 7 heteroatoms. The number of aryl methyl sites for hydroxylation is 1. The van der Waals surface area contributed by atoms with Gasteiger partial charge in [0.2, 0.25) is 15.9 Å². The zero-order chi connectivity index (χ0) is 19.3. The normalized spacial score (nSPS) is 12.8.